The van der Waals surface area contributed by atoms with Crippen LogP contribution in [0, 0.1) is 12.7 Å². The molecule has 0 saturated carbocycles. The Morgan fingerprint density at radius 2 is 1.80 bits per heavy atom. The van der Waals surface area contributed by atoms with Crippen LogP contribution in [0.2, 0.25) is 10.0 Å². The molecule has 7 heteroatoms. The molecule has 2 aromatic rings. The Labute approximate surface area is 126 Å². The highest BCUT2D eigenvalue weighted by Crippen LogP contribution is 2.27. The van der Waals surface area contributed by atoms with Crippen molar-refractivity contribution in [2.45, 2.75) is 11.8 Å². The van der Waals surface area contributed by atoms with Crippen molar-refractivity contribution in [2.24, 2.45) is 0 Å². The maximum Gasteiger partial charge on any atom is 0.262 e. The number of anilines is 1. The van der Waals surface area contributed by atoms with E-state index in [2.05, 4.69) is 4.72 Å². The number of hydrogen-bond acceptors (Lipinski definition) is 2. The minimum absolute atomic E-state index is 0.0137. The van der Waals surface area contributed by atoms with Crippen LogP contribution in [0.5, 0.6) is 0 Å². The van der Waals surface area contributed by atoms with E-state index in [1.165, 1.54) is 18.2 Å². The third kappa shape index (κ3) is 3.23. The maximum atomic E-state index is 12.9. The van der Waals surface area contributed by atoms with Crippen molar-refractivity contribution in [2.75, 3.05) is 4.72 Å². The summed E-state index contributed by atoms with van der Waals surface area (Å²) in [5, 5.41) is 0.432. The Kier molecular flexibility index (Phi) is 4.22. The standard InChI is InChI=1S/C13H10Cl2FNO2S/c1-8-6-9(14)2-5-13(8)20(18,19)17-12-4-3-10(16)7-11(12)15/h2-7,17H,1H3. The number of nitrogens with one attached hydrogen (secondary N) is 1. The van der Waals surface area contributed by atoms with Gasteiger partial charge >= 0.3 is 0 Å². The lowest BCUT2D eigenvalue weighted by atomic mass is 10.2. The maximum absolute atomic E-state index is 12.9. The molecule has 1 N–H and O–H groups in total. The summed E-state index contributed by atoms with van der Waals surface area (Å²) in [6.45, 7) is 1.63. The molecule has 0 radical (unpaired) electrons. The van der Waals surface area contributed by atoms with Crippen LogP contribution >= 0.6 is 23.2 Å². The van der Waals surface area contributed by atoms with Gasteiger partial charge in [-0.05, 0) is 48.9 Å². The predicted molar refractivity (Wildman–Crippen MR) is 78.4 cm³/mol. The van der Waals surface area contributed by atoms with Crippen LogP contribution in [0.4, 0.5) is 10.1 Å². The molecule has 2 rings (SSSR count). The van der Waals surface area contributed by atoms with Crippen LogP contribution in [0.25, 0.3) is 0 Å². The third-order valence-corrected chi connectivity index (χ3v) is 4.68. The van der Waals surface area contributed by atoms with Crippen LogP contribution in [-0.2, 0) is 10.0 Å². The first kappa shape index (κ1) is 15.1. The first-order valence-corrected chi connectivity index (χ1v) is 7.77. The van der Waals surface area contributed by atoms with Gasteiger partial charge in [0.25, 0.3) is 10.0 Å². The van der Waals surface area contributed by atoms with Crippen LogP contribution in [0.3, 0.4) is 0 Å². The zero-order chi connectivity index (χ0) is 14.9. The minimum Gasteiger partial charge on any atom is -0.278 e. The second kappa shape index (κ2) is 5.60. The molecule has 0 aliphatic rings. The lowest BCUT2D eigenvalue weighted by Gasteiger charge is -2.11. The molecule has 0 atom stereocenters. The molecule has 0 spiro atoms. The molecule has 0 heterocycles. The highest BCUT2D eigenvalue weighted by molar-refractivity contribution is 7.92. The van der Waals surface area contributed by atoms with Crippen molar-refractivity contribution in [3.8, 4) is 0 Å². The van der Waals surface area contributed by atoms with E-state index in [1.54, 1.807) is 13.0 Å². The summed E-state index contributed by atoms with van der Waals surface area (Å²) < 4.78 is 39.8. The molecule has 0 aromatic heterocycles. The quantitative estimate of drug-likeness (QED) is 0.912. The largest absolute Gasteiger partial charge is 0.278 e. The van der Waals surface area contributed by atoms with Gasteiger partial charge in [0, 0.05) is 5.02 Å². The number of benzene rings is 2. The van der Waals surface area contributed by atoms with E-state index >= 15 is 0 Å². The Morgan fingerprint density at radius 1 is 1.10 bits per heavy atom. The third-order valence-electron chi connectivity index (χ3n) is 2.60. The molecule has 0 unspecified atom stereocenters. The zero-order valence-electron chi connectivity index (χ0n) is 10.3. The van der Waals surface area contributed by atoms with Gasteiger partial charge in [-0.15, -0.1) is 0 Å². The molecule has 20 heavy (non-hydrogen) atoms. The molecule has 0 fully saturated rings. The smallest absolute Gasteiger partial charge is 0.262 e. The number of rotatable bonds is 3. The molecule has 0 bridgehead atoms. The van der Waals surface area contributed by atoms with E-state index in [-0.39, 0.29) is 15.6 Å². The average Bonchev–Trinajstić information content (AvgIpc) is 2.32. The second-order valence-electron chi connectivity index (χ2n) is 4.14. The second-order valence-corrected chi connectivity index (χ2v) is 6.63. The van der Waals surface area contributed by atoms with E-state index in [0.29, 0.717) is 10.6 Å². The van der Waals surface area contributed by atoms with Gasteiger partial charge in [0.1, 0.15) is 5.82 Å². The van der Waals surface area contributed by atoms with E-state index in [9.17, 15) is 12.8 Å². The fourth-order valence-corrected chi connectivity index (χ4v) is 3.49. The summed E-state index contributed by atoms with van der Waals surface area (Å²) in [6, 6.07) is 7.85. The number of sulfonamides is 1. The Morgan fingerprint density at radius 3 is 2.40 bits per heavy atom. The highest BCUT2D eigenvalue weighted by atomic mass is 35.5. The molecular formula is C13H10Cl2FNO2S. The summed E-state index contributed by atoms with van der Waals surface area (Å²) >= 11 is 11.6. The summed E-state index contributed by atoms with van der Waals surface area (Å²) in [5.41, 5.74) is 0.616. The van der Waals surface area contributed by atoms with Gasteiger partial charge in [0.15, 0.2) is 0 Å². The Bertz CT molecular complexity index is 763. The van der Waals surface area contributed by atoms with Gasteiger partial charge in [-0.2, -0.15) is 0 Å². The lowest BCUT2D eigenvalue weighted by Crippen LogP contribution is -2.14. The first-order valence-electron chi connectivity index (χ1n) is 5.53. The highest BCUT2D eigenvalue weighted by Gasteiger charge is 2.18. The van der Waals surface area contributed by atoms with Crippen LogP contribution < -0.4 is 4.72 Å². The normalized spacial score (nSPS) is 11.4. The van der Waals surface area contributed by atoms with Crippen molar-refractivity contribution < 1.29 is 12.8 Å². The molecule has 2 aromatic carbocycles. The number of halogens is 3. The summed E-state index contributed by atoms with van der Waals surface area (Å²) in [4.78, 5) is 0.0855. The van der Waals surface area contributed by atoms with Gasteiger partial charge in [0.05, 0.1) is 15.6 Å². The van der Waals surface area contributed by atoms with Crippen molar-refractivity contribution >= 4 is 38.9 Å². The summed E-state index contributed by atoms with van der Waals surface area (Å²) in [5.74, 6) is -0.541. The van der Waals surface area contributed by atoms with Crippen molar-refractivity contribution in [3.63, 3.8) is 0 Å². The van der Waals surface area contributed by atoms with Gasteiger partial charge < -0.3 is 0 Å². The fourth-order valence-electron chi connectivity index (χ4n) is 1.69. The summed E-state index contributed by atoms with van der Waals surface area (Å²) in [7, 11) is -3.81. The fraction of sp³-hybridized carbons (Fsp3) is 0.0769. The summed E-state index contributed by atoms with van der Waals surface area (Å²) in [6.07, 6.45) is 0. The number of aryl methyl sites for hydroxylation is 1. The van der Waals surface area contributed by atoms with Gasteiger partial charge in [-0.1, -0.05) is 23.2 Å². The molecule has 0 amide bonds. The monoisotopic (exact) mass is 333 g/mol. The molecular weight excluding hydrogens is 324 g/mol. The van der Waals surface area contributed by atoms with Crippen LogP contribution in [0.1, 0.15) is 5.56 Å². The first-order chi connectivity index (χ1) is 9.29. The van der Waals surface area contributed by atoms with Gasteiger partial charge in [-0.3, -0.25) is 4.72 Å². The lowest BCUT2D eigenvalue weighted by molar-refractivity contribution is 0.600. The van der Waals surface area contributed by atoms with E-state index in [0.717, 1.165) is 12.1 Å². The Balaban J connectivity index is 2.41. The van der Waals surface area contributed by atoms with Crippen molar-refractivity contribution in [3.05, 3.63) is 57.8 Å². The molecule has 0 saturated heterocycles. The zero-order valence-corrected chi connectivity index (χ0v) is 12.7. The van der Waals surface area contributed by atoms with Crippen LogP contribution in [0.15, 0.2) is 41.3 Å². The molecule has 3 nitrogen and oxygen atoms in total. The minimum atomic E-state index is -3.81. The van der Waals surface area contributed by atoms with E-state index in [4.69, 9.17) is 23.2 Å². The average molecular weight is 334 g/mol. The topological polar surface area (TPSA) is 46.2 Å². The van der Waals surface area contributed by atoms with E-state index < -0.39 is 15.8 Å². The Hall–Kier alpha value is -1.30. The van der Waals surface area contributed by atoms with Crippen molar-refractivity contribution in [1.29, 1.82) is 0 Å². The van der Waals surface area contributed by atoms with E-state index in [1.807, 2.05) is 0 Å². The van der Waals surface area contributed by atoms with Crippen LogP contribution in [-0.4, -0.2) is 8.42 Å². The molecule has 0 aliphatic carbocycles. The van der Waals surface area contributed by atoms with Gasteiger partial charge in [-0.25, -0.2) is 12.8 Å². The number of hydrogen-bond donors (Lipinski definition) is 1. The van der Waals surface area contributed by atoms with Gasteiger partial charge in [0.2, 0.25) is 0 Å². The van der Waals surface area contributed by atoms with Crippen molar-refractivity contribution in [1.82, 2.24) is 0 Å². The SMILES string of the molecule is Cc1cc(Cl)ccc1S(=O)(=O)Nc1ccc(F)cc1Cl. The molecule has 106 valence electrons. The molecule has 0 aliphatic heterocycles. The predicted octanol–water partition coefficient (Wildman–Crippen LogP) is 4.24.